The summed E-state index contributed by atoms with van der Waals surface area (Å²) in [5.74, 6) is -0.507. The fraction of sp³-hybridized carbons (Fsp3) is 0.154. The minimum atomic E-state index is -0.507. The number of hydrogen-bond donors (Lipinski definition) is 0. The number of benzene rings is 1. The number of thiophene rings is 1. The van der Waals surface area contributed by atoms with E-state index in [2.05, 4.69) is 4.74 Å². The second kappa shape index (κ2) is 4.67. The molecule has 0 fully saturated rings. The molecule has 0 spiro atoms. The molecule has 2 nitrogen and oxygen atoms in total. The average molecular weight is 250 g/mol. The molecule has 17 heavy (non-hydrogen) atoms. The van der Waals surface area contributed by atoms with Gasteiger partial charge in [-0.3, -0.25) is 0 Å². The van der Waals surface area contributed by atoms with Crippen molar-refractivity contribution in [3.63, 3.8) is 0 Å². The zero-order valence-electron chi connectivity index (χ0n) is 9.49. The predicted molar refractivity (Wildman–Crippen MR) is 65.8 cm³/mol. The molecule has 0 atom stereocenters. The summed E-state index contributed by atoms with van der Waals surface area (Å²) in [4.78, 5) is 11.6. The van der Waals surface area contributed by atoms with Crippen molar-refractivity contribution in [3.8, 4) is 11.1 Å². The Kier molecular flexibility index (Phi) is 3.24. The van der Waals surface area contributed by atoms with E-state index >= 15 is 0 Å². The van der Waals surface area contributed by atoms with Gasteiger partial charge in [0.25, 0.3) is 0 Å². The summed E-state index contributed by atoms with van der Waals surface area (Å²) in [6.07, 6.45) is 0. The van der Waals surface area contributed by atoms with E-state index in [1.165, 1.54) is 13.2 Å². The lowest BCUT2D eigenvalue weighted by Crippen LogP contribution is -1.96. The molecule has 0 saturated heterocycles. The third-order valence-corrected chi connectivity index (χ3v) is 3.34. The summed E-state index contributed by atoms with van der Waals surface area (Å²) in [5, 5.41) is -0.366. The van der Waals surface area contributed by atoms with Gasteiger partial charge in [-0.05, 0) is 18.6 Å². The molecule has 0 aliphatic carbocycles. The molecule has 0 unspecified atom stereocenters. The Morgan fingerprint density at radius 3 is 2.53 bits per heavy atom. The van der Waals surface area contributed by atoms with Crippen molar-refractivity contribution in [1.29, 1.82) is 0 Å². The predicted octanol–water partition coefficient (Wildman–Crippen LogP) is 3.65. The van der Waals surface area contributed by atoms with Crippen molar-refractivity contribution < 1.29 is 13.9 Å². The molecule has 1 heterocycles. The normalized spacial score (nSPS) is 10.3. The Hall–Kier alpha value is -1.68. The minimum absolute atomic E-state index is 0.278. The molecule has 0 saturated carbocycles. The first-order valence-corrected chi connectivity index (χ1v) is 5.88. The van der Waals surface area contributed by atoms with Crippen molar-refractivity contribution in [3.05, 3.63) is 45.9 Å². The lowest BCUT2D eigenvalue weighted by atomic mass is 10.1. The van der Waals surface area contributed by atoms with Gasteiger partial charge in [0.1, 0.15) is 4.88 Å². The quantitative estimate of drug-likeness (QED) is 0.760. The molecule has 2 aromatic rings. The van der Waals surface area contributed by atoms with E-state index in [1.54, 1.807) is 0 Å². The van der Waals surface area contributed by atoms with Crippen LogP contribution in [0.25, 0.3) is 11.1 Å². The lowest BCUT2D eigenvalue weighted by Gasteiger charge is -1.98. The molecular formula is C13H11FO2S. The fourth-order valence-electron chi connectivity index (χ4n) is 1.50. The van der Waals surface area contributed by atoms with Gasteiger partial charge in [0.15, 0.2) is 5.13 Å². The number of esters is 1. The summed E-state index contributed by atoms with van der Waals surface area (Å²) in [7, 11) is 1.28. The summed E-state index contributed by atoms with van der Waals surface area (Å²) in [5.41, 5.74) is 2.31. The number of hydrogen-bond acceptors (Lipinski definition) is 3. The lowest BCUT2D eigenvalue weighted by molar-refractivity contribution is 0.0606. The largest absolute Gasteiger partial charge is 0.465 e. The maximum atomic E-state index is 13.7. The molecule has 0 N–H and O–H groups in total. The zero-order valence-corrected chi connectivity index (χ0v) is 10.3. The van der Waals surface area contributed by atoms with Gasteiger partial charge in [0.2, 0.25) is 0 Å². The van der Waals surface area contributed by atoms with Crippen molar-refractivity contribution in [1.82, 2.24) is 0 Å². The average Bonchev–Trinajstić information content (AvgIpc) is 2.71. The number of halogens is 1. The van der Waals surface area contributed by atoms with Crippen LogP contribution in [0.15, 0.2) is 30.3 Å². The first-order valence-electron chi connectivity index (χ1n) is 5.06. The van der Waals surface area contributed by atoms with Crippen molar-refractivity contribution in [2.75, 3.05) is 7.11 Å². The molecular weight excluding hydrogens is 239 g/mol. The van der Waals surface area contributed by atoms with Gasteiger partial charge in [-0.15, -0.1) is 0 Å². The van der Waals surface area contributed by atoms with Crippen LogP contribution < -0.4 is 0 Å². The molecule has 0 amide bonds. The molecule has 0 aliphatic heterocycles. The molecule has 1 aromatic heterocycles. The van der Waals surface area contributed by atoms with Crippen LogP contribution in [0.5, 0.6) is 0 Å². The van der Waals surface area contributed by atoms with E-state index in [1.807, 2.05) is 31.2 Å². The molecule has 0 aliphatic rings. The molecule has 1 aromatic carbocycles. The SMILES string of the molecule is COC(=O)c1cc(-c2ccc(C)cc2)c(F)s1. The fourth-order valence-corrected chi connectivity index (χ4v) is 2.32. The van der Waals surface area contributed by atoms with Gasteiger partial charge in [-0.25, -0.2) is 4.79 Å². The monoisotopic (exact) mass is 250 g/mol. The van der Waals surface area contributed by atoms with E-state index in [0.717, 1.165) is 22.5 Å². The number of rotatable bonds is 2. The van der Waals surface area contributed by atoms with Gasteiger partial charge < -0.3 is 4.74 Å². The van der Waals surface area contributed by atoms with Crippen LogP contribution in [0.1, 0.15) is 15.2 Å². The van der Waals surface area contributed by atoms with Crippen LogP contribution in [0.3, 0.4) is 0 Å². The Bertz CT molecular complexity index is 543. The van der Waals surface area contributed by atoms with Crippen LogP contribution in [0.2, 0.25) is 0 Å². The third-order valence-electron chi connectivity index (χ3n) is 2.44. The minimum Gasteiger partial charge on any atom is -0.465 e. The zero-order chi connectivity index (χ0) is 12.4. The first-order chi connectivity index (χ1) is 8.11. The maximum absolute atomic E-state index is 13.7. The highest BCUT2D eigenvalue weighted by molar-refractivity contribution is 7.12. The van der Waals surface area contributed by atoms with Crippen LogP contribution >= 0.6 is 11.3 Å². The Morgan fingerprint density at radius 2 is 1.94 bits per heavy atom. The van der Waals surface area contributed by atoms with Crippen molar-refractivity contribution >= 4 is 17.3 Å². The van der Waals surface area contributed by atoms with Gasteiger partial charge in [-0.1, -0.05) is 41.2 Å². The van der Waals surface area contributed by atoms with E-state index < -0.39 is 5.97 Å². The van der Waals surface area contributed by atoms with Crippen LogP contribution in [-0.4, -0.2) is 13.1 Å². The highest BCUT2D eigenvalue weighted by Crippen LogP contribution is 2.30. The standard InChI is InChI=1S/C13H11FO2S/c1-8-3-5-9(6-4-8)10-7-11(13(15)16-2)17-12(10)14/h3-7H,1-2H3. The smallest absolute Gasteiger partial charge is 0.348 e. The number of carbonyl (C=O) groups is 1. The van der Waals surface area contributed by atoms with E-state index in [9.17, 15) is 9.18 Å². The van der Waals surface area contributed by atoms with E-state index in [0.29, 0.717) is 5.56 Å². The van der Waals surface area contributed by atoms with Crippen LogP contribution in [-0.2, 0) is 4.74 Å². The highest BCUT2D eigenvalue weighted by Gasteiger charge is 2.15. The summed E-state index contributed by atoms with van der Waals surface area (Å²) >= 11 is 0.805. The van der Waals surface area contributed by atoms with Crippen LogP contribution in [0, 0.1) is 12.1 Å². The number of aryl methyl sites for hydroxylation is 1. The number of ether oxygens (including phenoxy) is 1. The molecule has 0 radical (unpaired) electrons. The Morgan fingerprint density at radius 1 is 1.29 bits per heavy atom. The second-order valence-corrected chi connectivity index (χ2v) is 4.66. The van der Waals surface area contributed by atoms with Gasteiger partial charge >= 0.3 is 5.97 Å². The molecule has 88 valence electrons. The van der Waals surface area contributed by atoms with Gasteiger partial charge in [0.05, 0.1) is 7.11 Å². The molecule has 2 rings (SSSR count). The number of methoxy groups -OCH3 is 1. The van der Waals surface area contributed by atoms with Crippen molar-refractivity contribution in [2.45, 2.75) is 6.92 Å². The van der Waals surface area contributed by atoms with E-state index in [4.69, 9.17) is 0 Å². The summed E-state index contributed by atoms with van der Waals surface area (Å²) < 4.78 is 18.3. The summed E-state index contributed by atoms with van der Waals surface area (Å²) in [6.45, 7) is 1.97. The van der Waals surface area contributed by atoms with Crippen molar-refractivity contribution in [2.24, 2.45) is 0 Å². The molecule has 4 heteroatoms. The third kappa shape index (κ3) is 2.36. The first kappa shape index (κ1) is 11.8. The second-order valence-electron chi connectivity index (χ2n) is 3.66. The summed E-state index contributed by atoms with van der Waals surface area (Å²) in [6, 6.07) is 9.01. The van der Waals surface area contributed by atoms with Gasteiger partial charge in [-0.2, -0.15) is 4.39 Å². The Balaban J connectivity index is 2.42. The Labute approximate surface area is 103 Å². The molecule has 0 bridgehead atoms. The highest BCUT2D eigenvalue weighted by atomic mass is 32.1. The maximum Gasteiger partial charge on any atom is 0.348 e. The van der Waals surface area contributed by atoms with E-state index in [-0.39, 0.29) is 10.0 Å². The van der Waals surface area contributed by atoms with Crippen LogP contribution in [0.4, 0.5) is 4.39 Å². The topological polar surface area (TPSA) is 26.3 Å². The number of carbonyl (C=O) groups excluding carboxylic acids is 1. The van der Waals surface area contributed by atoms with Gasteiger partial charge in [0, 0.05) is 5.56 Å².